The fourth-order valence-corrected chi connectivity index (χ4v) is 3.79. The zero-order chi connectivity index (χ0) is 17.8. The Bertz CT molecular complexity index is 822. The molecular formula is C20H26N6. The molecule has 0 radical (unpaired) electrons. The number of benzene rings is 1. The van der Waals surface area contributed by atoms with E-state index >= 15 is 0 Å². The van der Waals surface area contributed by atoms with Crippen LogP contribution in [0, 0.1) is 0 Å². The Hall–Kier alpha value is -2.47. The lowest BCUT2D eigenvalue weighted by Gasteiger charge is -2.34. The summed E-state index contributed by atoms with van der Waals surface area (Å²) in [6.45, 7) is 5.87. The van der Waals surface area contributed by atoms with Crippen molar-refractivity contribution in [2.75, 3.05) is 6.54 Å². The van der Waals surface area contributed by atoms with E-state index in [4.69, 9.17) is 0 Å². The maximum Gasteiger partial charge on any atom is 0.150 e. The zero-order valence-corrected chi connectivity index (χ0v) is 15.3. The fourth-order valence-electron chi connectivity index (χ4n) is 3.79. The van der Waals surface area contributed by atoms with Crippen molar-refractivity contribution in [2.24, 2.45) is 0 Å². The third kappa shape index (κ3) is 3.70. The van der Waals surface area contributed by atoms with Crippen LogP contribution in [0.5, 0.6) is 0 Å². The highest BCUT2D eigenvalue weighted by Crippen LogP contribution is 2.31. The first-order valence-corrected chi connectivity index (χ1v) is 9.50. The van der Waals surface area contributed by atoms with Crippen LogP contribution in [0.25, 0.3) is 0 Å². The second-order valence-electron chi connectivity index (χ2n) is 6.99. The van der Waals surface area contributed by atoms with Crippen molar-refractivity contribution in [3.8, 4) is 0 Å². The van der Waals surface area contributed by atoms with E-state index in [1.54, 1.807) is 0 Å². The number of aromatic nitrogens is 5. The zero-order valence-electron chi connectivity index (χ0n) is 15.3. The molecule has 3 heterocycles. The predicted octanol–water partition coefficient (Wildman–Crippen LogP) is 3.27. The molecule has 6 heteroatoms. The van der Waals surface area contributed by atoms with E-state index in [1.165, 1.54) is 24.0 Å². The average Bonchev–Trinajstić information content (AvgIpc) is 3.32. The summed E-state index contributed by atoms with van der Waals surface area (Å²) in [6.07, 6.45) is 9.63. The highest BCUT2D eigenvalue weighted by molar-refractivity contribution is 5.16. The molecule has 0 spiro atoms. The number of aryl methyl sites for hydroxylation is 1. The van der Waals surface area contributed by atoms with Gasteiger partial charge in [-0.25, -0.2) is 0 Å². The molecule has 26 heavy (non-hydrogen) atoms. The fraction of sp³-hybridized carbons (Fsp3) is 0.450. The Balaban J connectivity index is 1.54. The summed E-state index contributed by atoms with van der Waals surface area (Å²) in [5.74, 6) is 1.08. The number of rotatable bonds is 6. The van der Waals surface area contributed by atoms with E-state index in [-0.39, 0.29) is 0 Å². The van der Waals surface area contributed by atoms with E-state index in [0.717, 1.165) is 38.4 Å². The van der Waals surface area contributed by atoms with Crippen molar-refractivity contribution in [1.29, 1.82) is 0 Å². The van der Waals surface area contributed by atoms with E-state index in [2.05, 4.69) is 68.2 Å². The molecule has 0 unspecified atom stereocenters. The molecule has 0 amide bonds. The molecule has 1 saturated heterocycles. The molecule has 0 aliphatic carbocycles. The summed E-state index contributed by atoms with van der Waals surface area (Å²) in [6, 6.07) is 10.8. The molecule has 3 aromatic rings. The van der Waals surface area contributed by atoms with Gasteiger partial charge in [0.05, 0.1) is 18.8 Å². The first-order valence-electron chi connectivity index (χ1n) is 9.50. The van der Waals surface area contributed by atoms with Crippen LogP contribution in [0.3, 0.4) is 0 Å². The largest absolute Gasteiger partial charge is 0.312 e. The van der Waals surface area contributed by atoms with Crippen LogP contribution in [-0.4, -0.2) is 36.0 Å². The molecule has 0 bridgehead atoms. The van der Waals surface area contributed by atoms with Crippen molar-refractivity contribution >= 4 is 0 Å². The lowest BCUT2D eigenvalue weighted by atomic mass is 10.0. The number of piperidine rings is 1. The van der Waals surface area contributed by atoms with Gasteiger partial charge in [0.15, 0.2) is 5.82 Å². The van der Waals surface area contributed by atoms with Gasteiger partial charge in [-0.3, -0.25) is 9.58 Å². The maximum atomic E-state index is 4.50. The van der Waals surface area contributed by atoms with Crippen LogP contribution in [-0.2, 0) is 19.6 Å². The monoisotopic (exact) mass is 350 g/mol. The van der Waals surface area contributed by atoms with Crippen LogP contribution in [0.15, 0.2) is 49.1 Å². The minimum absolute atomic E-state index is 0.319. The number of likely N-dealkylation sites (tertiary alicyclic amines) is 1. The van der Waals surface area contributed by atoms with Crippen LogP contribution < -0.4 is 0 Å². The van der Waals surface area contributed by atoms with Gasteiger partial charge < -0.3 is 4.57 Å². The molecular weight excluding hydrogens is 324 g/mol. The summed E-state index contributed by atoms with van der Waals surface area (Å²) in [7, 11) is 0. The predicted molar refractivity (Wildman–Crippen MR) is 100 cm³/mol. The topological polar surface area (TPSA) is 51.8 Å². The molecule has 0 saturated carbocycles. The minimum Gasteiger partial charge on any atom is -0.312 e. The Labute approximate surface area is 154 Å². The molecule has 0 N–H and O–H groups in total. The van der Waals surface area contributed by atoms with Gasteiger partial charge in [-0.1, -0.05) is 36.8 Å². The van der Waals surface area contributed by atoms with Crippen LogP contribution in [0.4, 0.5) is 0 Å². The van der Waals surface area contributed by atoms with Crippen molar-refractivity contribution < 1.29 is 0 Å². The molecule has 2 aromatic heterocycles. The third-order valence-corrected chi connectivity index (χ3v) is 5.15. The van der Waals surface area contributed by atoms with Crippen molar-refractivity contribution in [3.05, 3.63) is 66.0 Å². The van der Waals surface area contributed by atoms with Gasteiger partial charge in [0.2, 0.25) is 0 Å². The second-order valence-corrected chi connectivity index (χ2v) is 6.99. The van der Waals surface area contributed by atoms with Gasteiger partial charge in [0, 0.05) is 24.8 Å². The first kappa shape index (κ1) is 17.0. The average molecular weight is 350 g/mol. The van der Waals surface area contributed by atoms with E-state index in [9.17, 15) is 0 Å². The van der Waals surface area contributed by atoms with Crippen LogP contribution >= 0.6 is 0 Å². The third-order valence-electron chi connectivity index (χ3n) is 5.15. The summed E-state index contributed by atoms with van der Waals surface area (Å²) < 4.78 is 4.19. The molecule has 1 atom stereocenters. The smallest absolute Gasteiger partial charge is 0.150 e. The molecule has 1 aliphatic heterocycles. The number of hydrogen-bond donors (Lipinski definition) is 0. The Morgan fingerprint density at radius 1 is 1.08 bits per heavy atom. The summed E-state index contributed by atoms with van der Waals surface area (Å²) in [4.78, 5) is 2.53. The lowest BCUT2D eigenvalue weighted by Crippen LogP contribution is -2.34. The van der Waals surface area contributed by atoms with Crippen LogP contribution in [0.2, 0.25) is 0 Å². The van der Waals surface area contributed by atoms with Gasteiger partial charge >= 0.3 is 0 Å². The van der Waals surface area contributed by atoms with Crippen molar-refractivity contribution in [2.45, 2.75) is 51.9 Å². The summed E-state index contributed by atoms with van der Waals surface area (Å²) in [5, 5.41) is 13.1. The minimum atomic E-state index is 0.319. The first-order chi connectivity index (χ1) is 12.8. The van der Waals surface area contributed by atoms with E-state index in [1.807, 2.05) is 17.2 Å². The van der Waals surface area contributed by atoms with E-state index in [0.29, 0.717) is 6.04 Å². The molecule has 1 aliphatic rings. The Morgan fingerprint density at radius 3 is 2.77 bits per heavy atom. The van der Waals surface area contributed by atoms with Crippen molar-refractivity contribution in [1.82, 2.24) is 29.4 Å². The molecule has 4 rings (SSSR count). The number of nitrogens with zero attached hydrogens (tertiary/aromatic N) is 6. The van der Waals surface area contributed by atoms with Gasteiger partial charge in [-0.15, -0.1) is 10.2 Å². The quantitative estimate of drug-likeness (QED) is 0.685. The highest BCUT2D eigenvalue weighted by atomic mass is 15.3. The van der Waals surface area contributed by atoms with Gasteiger partial charge in [-0.2, -0.15) is 5.10 Å². The molecule has 1 fully saturated rings. The number of hydrogen-bond acceptors (Lipinski definition) is 4. The molecule has 1 aromatic carbocycles. The second kappa shape index (κ2) is 7.83. The molecule has 136 valence electrons. The van der Waals surface area contributed by atoms with Crippen molar-refractivity contribution in [3.63, 3.8) is 0 Å². The van der Waals surface area contributed by atoms with Gasteiger partial charge in [0.25, 0.3) is 0 Å². The SMILES string of the molecule is CCn1cc(CN2CCCC[C@@H]2c2nncn2Cc2ccccc2)cn1. The normalized spacial score (nSPS) is 18.3. The lowest BCUT2D eigenvalue weighted by molar-refractivity contribution is 0.130. The summed E-state index contributed by atoms with van der Waals surface area (Å²) >= 11 is 0. The highest BCUT2D eigenvalue weighted by Gasteiger charge is 2.28. The maximum absolute atomic E-state index is 4.50. The van der Waals surface area contributed by atoms with Gasteiger partial charge in [-0.05, 0) is 31.9 Å². The van der Waals surface area contributed by atoms with E-state index < -0.39 is 0 Å². The molecule has 6 nitrogen and oxygen atoms in total. The Kier molecular flexibility index (Phi) is 5.11. The van der Waals surface area contributed by atoms with Gasteiger partial charge in [0.1, 0.15) is 6.33 Å². The standard InChI is InChI=1S/C20H26N6/c1-2-26-15-18(12-22-26)14-24-11-7-6-10-19(24)20-23-21-16-25(20)13-17-8-4-3-5-9-17/h3-5,8-9,12,15-16,19H,2,6-7,10-11,13-14H2,1H3/t19-/m1/s1. The Morgan fingerprint density at radius 2 is 1.96 bits per heavy atom. The summed E-state index contributed by atoms with van der Waals surface area (Å²) in [5.41, 5.74) is 2.55. The van der Waals surface area contributed by atoms with Crippen LogP contribution in [0.1, 0.15) is 49.2 Å².